The molecule has 1 rings (SSSR count). The van der Waals surface area contributed by atoms with Crippen LogP contribution in [-0.4, -0.2) is 23.0 Å². The first-order chi connectivity index (χ1) is 8.32. The molecule has 5 heteroatoms. The average Bonchev–Trinajstić information content (AvgIpc) is 2.24. The Balaban J connectivity index is 2.95. The van der Waals surface area contributed by atoms with Crippen LogP contribution in [0.4, 0.5) is 5.69 Å². The van der Waals surface area contributed by atoms with Crippen LogP contribution in [0, 0.1) is 12.8 Å². The molecule has 1 aromatic carbocycles. The standard InChI is InChI=1S/C13H18N2O3/c1-7(2)11(13(17)18)15-9-4-5-10(12(14)16)8(3)6-9/h4-7,11,15H,1-3H3,(H2,14,16)(H,17,18). The summed E-state index contributed by atoms with van der Waals surface area (Å²) in [4.78, 5) is 22.1. The number of benzene rings is 1. The molecule has 0 aliphatic heterocycles. The van der Waals surface area contributed by atoms with Gasteiger partial charge in [0.2, 0.25) is 5.91 Å². The van der Waals surface area contributed by atoms with Gasteiger partial charge in [-0.25, -0.2) is 4.79 Å². The molecule has 0 saturated heterocycles. The number of carboxylic acids is 1. The summed E-state index contributed by atoms with van der Waals surface area (Å²) in [6, 6.07) is 4.31. The monoisotopic (exact) mass is 250 g/mol. The van der Waals surface area contributed by atoms with E-state index in [-0.39, 0.29) is 5.92 Å². The lowest BCUT2D eigenvalue weighted by Crippen LogP contribution is -2.34. The first-order valence-electron chi connectivity index (χ1n) is 5.72. The van der Waals surface area contributed by atoms with E-state index in [2.05, 4.69) is 5.32 Å². The van der Waals surface area contributed by atoms with Crippen LogP contribution < -0.4 is 11.1 Å². The van der Waals surface area contributed by atoms with Crippen molar-refractivity contribution in [3.05, 3.63) is 29.3 Å². The first-order valence-corrected chi connectivity index (χ1v) is 5.72. The number of aryl methyl sites for hydroxylation is 1. The molecule has 1 amide bonds. The van der Waals surface area contributed by atoms with E-state index < -0.39 is 17.9 Å². The van der Waals surface area contributed by atoms with Gasteiger partial charge in [-0.3, -0.25) is 4.79 Å². The maximum atomic E-state index is 11.1. The number of anilines is 1. The van der Waals surface area contributed by atoms with Gasteiger partial charge in [-0.1, -0.05) is 13.8 Å². The summed E-state index contributed by atoms with van der Waals surface area (Å²) in [5, 5.41) is 12.0. The Morgan fingerprint density at radius 1 is 1.33 bits per heavy atom. The highest BCUT2D eigenvalue weighted by molar-refractivity contribution is 5.94. The molecule has 1 unspecified atom stereocenters. The smallest absolute Gasteiger partial charge is 0.326 e. The second-order valence-electron chi connectivity index (χ2n) is 4.60. The summed E-state index contributed by atoms with van der Waals surface area (Å²) < 4.78 is 0. The number of aliphatic carboxylic acids is 1. The van der Waals surface area contributed by atoms with E-state index in [0.29, 0.717) is 11.3 Å². The minimum Gasteiger partial charge on any atom is -0.480 e. The Morgan fingerprint density at radius 2 is 1.94 bits per heavy atom. The molecule has 18 heavy (non-hydrogen) atoms. The van der Waals surface area contributed by atoms with E-state index in [1.165, 1.54) is 0 Å². The van der Waals surface area contributed by atoms with E-state index in [9.17, 15) is 9.59 Å². The molecule has 0 aliphatic carbocycles. The minimum absolute atomic E-state index is 0.0429. The third-order valence-corrected chi connectivity index (χ3v) is 2.75. The fraction of sp³-hybridized carbons (Fsp3) is 0.385. The largest absolute Gasteiger partial charge is 0.480 e. The predicted molar refractivity (Wildman–Crippen MR) is 69.6 cm³/mol. The van der Waals surface area contributed by atoms with Gasteiger partial charge >= 0.3 is 5.97 Å². The van der Waals surface area contributed by atoms with Crippen molar-refractivity contribution in [1.29, 1.82) is 0 Å². The Bertz CT molecular complexity index is 469. The molecule has 0 bridgehead atoms. The molecule has 0 fully saturated rings. The minimum atomic E-state index is -0.901. The van der Waals surface area contributed by atoms with Crippen LogP contribution in [0.2, 0.25) is 0 Å². The lowest BCUT2D eigenvalue weighted by atomic mass is 10.0. The summed E-state index contributed by atoms with van der Waals surface area (Å²) in [6.07, 6.45) is 0. The van der Waals surface area contributed by atoms with E-state index in [1.807, 2.05) is 13.8 Å². The SMILES string of the molecule is Cc1cc(NC(C(=O)O)C(C)C)ccc1C(N)=O. The molecule has 98 valence electrons. The normalized spacial score (nSPS) is 12.2. The van der Waals surface area contributed by atoms with Crippen LogP contribution in [0.1, 0.15) is 29.8 Å². The lowest BCUT2D eigenvalue weighted by Gasteiger charge is -2.19. The van der Waals surface area contributed by atoms with Crippen LogP contribution in [-0.2, 0) is 4.79 Å². The molecule has 5 nitrogen and oxygen atoms in total. The number of nitrogens with one attached hydrogen (secondary N) is 1. The van der Waals surface area contributed by atoms with E-state index in [4.69, 9.17) is 10.8 Å². The van der Waals surface area contributed by atoms with Crippen LogP contribution in [0.3, 0.4) is 0 Å². The lowest BCUT2D eigenvalue weighted by molar-refractivity contribution is -0.138. The number of hydrogen-bond donors (Lipinski definition) is 3. The number of carboxylic acid groups (broad SMARTS) is 1. The summed E-state index contributed by atoms with van der Waals surface area (Å²) in [5.74, 6) is -1.43. The van der Waals surface area contributed by atoms with Gasteiger partial charge in [0.15, 0.2) is 0 Å². The van der Waals surface area contributed by atoms with Crippen LogP contribution >= 0.6 is 0 Å². The molecule has 0 spiro atoms. The van der Waals surface area contributed by atoms with Gasteiger partial charge in [0, 0.05) is 11.3 Å². The fourth-order valence-electron chi connectivity index (χ4n) is 1.72. The van der Waals surface area contributed by atoms with Crippen molar-refractivity contribution in [2.24, 2.45) is 11.7 Å². The zero-order valence-corrected chi connectivity index (χ0v) is 10.7. The Hall–Kier alpha value is -2.04. The number of amides is 1. The van der Waals surface area contributed by atoms with Crippen LogP contribution in [0.15, 0.2) is 18.2 Å². The molecule has 4 N–H and O–H groups in total. The van der Waals surface area contributed by atoms with Gasteiger partial charge in [0.1, 0.15) is 6.04 Å². The molecule has 1 atom stereocenters. The van der Waals surface area contributed by atoms with Gasteiger partial charge in [-0.2, -0.15) is 0 Å². The molecular formula is C13H18N2O3. The van der Waals surface area contributed by atoms with Gasteiger partial charge in [-0.15, -0.1) is 0 Å². The second-order valence-corrected chi connectivity index (χ2v) is 4.60. The molecular weight excluding hydrogens is 232 g/mol. The third kappa shape index (κ3) is 3.23. The Kier molecular flexibility index (Phi) is 4.31. The van der Waals surface area contributed by atoms with Gasteiger partial charge in [0.05, 0.1) is 0 Å². The van der Waals surface area contributed by atoms with E-state index in [1.54, 1.807) is 25.1 Å². The number of primary amides is 1. The zero-order chi connectivity index (χ0) is 13.9. The second kappa shape index (κ2) is 5.53. The number of rotatable bonds is 5. The summed E-state index contributed by atoms with van der Waals surface area (Å²) >= 11 is 0. The highest BCUT2D eigenvalue weighted by Gasteiger charge is 2.21. The fourth-order valence-corrected chi connectivity index (χ4v) is 1.72. The maximum absolute atomic E-state index is 11.1. The average molecular weight is 250 g/mol. The molecule has 0 aromatic heterocycles. The quantitative estimate of drug-likeness (QED) is 0.740. The summed E-state index contributed by atoms with van der Waals surface area (Å²) in [6.45, 7) is 5.42. The number of hydrogen-bond acceptors (Lipinski definition) is 3. The Morgan fingerprint density at radius 3 is 2.33 bits per heavy atom. The van der Waals surface area contributed by atoms with Crippen molar-refractivity contribution in [2.75, 3.05) is 5.32 Å². The molecule has 0 saturated carbocycles. The van der Waals surface area contributed by atoms with E-state index >= 15 is 0 Å². The maximum Gasteiger partial charge on any atom is 0.326 e. The molecule has 1 aromatic rings. The molecule has 0 aliphatic rings. The highest BCUT2D eigenvalue weighted by atomic mass is 16.4. The van der Waals surface area contributed by atoms with Crippen LogP contribution in [0.25, 0.3) is 0 Å². The zero-order valence-electron chi connectivity index (χ0n) is 10.7. The summed E-state index contributed by atoms with van der Waals surface area (Å²) in [5.41, 5.74) is 7.04. The Labute approximate surface area is 106 Å². The highest BCUT2D eigenvalue weighted by Crippen LogP contribution is 2.17. The number of nitrogens with two attached hydrogens (primary N) is 1. The summed E-state index contributed by atoms with van der Waals surface area (Å²) in [7, 11) is 0. The van der Waals surface area contributed by atoms with Gasteiger partial charge < -0.3 is 16.2 Å². The first kappa shape index (κ1) is 14.0. The number of carbonyl (C=O) groups is 2. The van der Waals surface area contributed by atoms with E-state index in [0.717, 1.165) is 5.56 Å². The van der Waals surface area contributed by atoms with Crippen molar-refractivity contribution < 1.29 is 14.7 Å². The van der Waals surface area contributed by atoms with Crippen molar-refractivity contribution in [1.82, 2.24) is 0 Å². The molecule has 0 radical (unpaired) electrons. The van der Waals surface area contributed by atoms with Gasteiger partial charge in [0.25, 0.3) is 0 Å². The van der Waals surface area contributed by atoms with Crippen LogP contribution in [0.5, 0.6) is 0 Å². The van der Waals surface area contributed by atoms with Crippen molar-refractivity contribution in [3.63, 3.8) is 0 Å². The third-order valence-electron chi connectivity index (χ3n) is 2.75. The number of carbonyl (C=O) groups excluding carboxylic acids is 1. The predicted octanol–water partition coefficient (Wildman–Crippen LogP) is 1.62. The van der Waals surface area contributed by atoms with Crippen molar-refractivity contribution >= 4 is 17.6 Å². The molecule has 0 heterocycles. The van der Waals surface area contributed by atoms with Crippen molar-refractivity contribution in [2.45, 2.75) is 26.8 Å². The topological polar surface area (TPSA) is 92.4 Å². The van der Waals surface area contributed by atoms with Gasteiger partial charge in [-0.05, 0) is 36.6 Å². The van der Waals surface area contributed by atoms with Crippen molar-refractivity contribution in [3.8, 4) is 0 Å².